The first-order chi connectivity index (χ1) is 15.2. The molecular weight excluding hydrogens is 430 g/mol. The summed E-state index contributed by atoms with van der Waals surface area (Å²) in [6.45, 7) is -0.312. The second kappa shape index (κ2) is 8.17. The van der Waals surface area contributed by atoms with Gasteiger partial charge in [-0.2, -0.15) is 18.3 Å². The van der Waals surface area contributed by atoms with Crippen molar-refractivity contribution in [1.29, 1.82) is 0 Å². The third kappa shape index (κ3) is 4.46. The van der Waals surface area contributed by atoms with Gasteiger partial charge in [0.2, 0.25) is 5.56 Å². The zero-order chi connectivity index (χ0) is 22.9. The van der Waals surface area contributed by atoms with Crippen molar-refractivity contribution in [3.8, 4) is 5.69 Å². The number of urea groups is 1. The molecule has 0 fully saturated rings. The van der Waals surface area contributed by atoms with Crippen molar-refractivity contribution in [2.45, 2.75) is 12.7 Å². The smallest absolute Gasteiger partial charge is 0.332 e. The maximum Gasteiger partial charge on any atom is 0.435 e. The molecule has 2 aromatic heterocycles. The van der Waals surface area contributed by atoms with Gasteiger partial charge >= 0.3 is 12.2 Å². The fraction of sp³-hybridized carbons (Fsp3) is 0.0952. The molecule has 32 heavy (non-hydrogen) atoms. The molecule has 4 aromatic rings. The molecule has 0 unspecified atom stereocenters. The molecule has 3 N–H and O–H groups in total. The number of aromatic nitrogens is 3. The molecule has 0 aliphatic rings. The summed E-state index contributed by atoms with van der Waals surface area (Å²) in [4.78, 5) is 26.5. The summed E-state index contributed by atoms with van der Waals surface area (Å²) < 4.78 is 54.0. The van der Waals surface area contributed by atoms with Crippen molar-refractivity contribution in [1.82, 2.24) is 20.1 Å². The number of hydrogen-bond acceptors (Lipinski definition) is 3. The van der Waals surface area contributed by atoms with Crippen molar-refractivity contribution in [2.75, 3.05) is 5.32 Å². The Labute approximate surface area is 177 Å². The SMILES string of the molecule is O=C(NCc1cc(C(F)(F)F)nn1-c1cccc(F)c1)Nc1cccc2[nH]c(=O)ccc12. The highest BCUT2D eigenvalue weighted by molar-refractivity contribution is 6.00. The summed E-state index contributed by atoms with van der Waals surface area (Å²) in [5, 5.41) is 9.16. The number of anilines is 1. The Morgan fingerprint density at radius 1 is 1.06 bits per heavy atom. The summed E-state index contributed by atoms with van der Waals surface area (Å²) in [5.74, 6) is -0.641. The van der Waals surface area contributed by atoms with Crippen LogP contribution in [0.25, 0.3) is 16.6 Å². The molecule has 0 bridgehead atoms. The van der Waals surface area contributed by atoms with E-state index >= 15 is 0 Å². The molecule has 0 aliphatic carbocycles. The van der Waals surface area contributed by atoms with Gasteiger partial charge in [-0.15, -0.1) is 0 Å². The van der Waals surface area contributed by atoms with Crippen molar-refractivity contribution in [3.05, 3.63) is 88.2 Å². The molecule has 0 saturated heterocycles. The molecule has 7 nitrogen and oxygen atoms in total. The highest BCUT2D eigenvalue weighted by Crippen LogP contribution is 2.29. The number of hydrogen-bond donors (Lipinski definition) is 3. The molecule has 2 aromatic carbocycles. The molecule has 2 amide bonds. The van der Waals surface area contributed by atoms with Crippen molar-refractivity contribution < 1.29 is 22.4 Å². The molecule has 11 heteroatoms. The van der Waals surface area contributed by atoms with E-state index in [0.717, 1.165) is 22.9 Å². The van der Waals surface area contributed by atoms with Crippen LogP contribution in [0.4, 0.5) is 28.0 Å². The van der Waals surface area contributed by atoms with E-state index in [-0.39, 0.29) is 23.5 Å². The average Bonchev–Trinajstić information content (AvgIpc) is 3.17. The van der Waals surface area contributed by atoms with Gasteiger partial charge in [0.1, 0.15) is 5.82 Å². The van der Waals surface area contributed by atoms with Gasteiger partial charge < -0.3 is 15.6 Å². The first kappa shape index (κ1) is 21.1. The predicted octanol–water partition coefficient (Wildman–Crippen LogP) is 4.19. The van der Waals surface area contributed by atoms with Gasteiger partial charge in [-0.25, -0.2) is 13.9 Å². The van der Waals surface area contributed by atoms with Crippen LogP contribution < -0.4 is 16.2 Å². The van der Waals surface area contributed by atoms with Crippen LogP contribution in [0.5, 0.6) is 0 Å². The molecule has 4 rings (SSSR count). The highest BCUT2D eigenvalue weighted by atomic mass is 19.4. The molecular formula is C21H15F4N5O2. The summed E-state index contributed by atoms with van der Waals surface area (Å²) in [7, 11) is 0. The van der Waals surface area contributed by atoms with Gasteiger partial charge in [-0.1, -0.05) is 12.1 Å². The Hall–Kier alpha value is -4.15. The summed E-state index contributed by atoms with van der Waals surface area (Å²) in [6, 6.07) is 12.8. The van der Waals surface area contributed by atoms with Crippen LogP contribution in [0, 0.1) is 5.82 Å². The fourth-order valence-corrected chi connectivity index (χ4v) is 3.15. The molecule has 0 spiro atoms. The largest absolute Gasteiger partial charge is 0.435 e. The quantitative estimate of drug-likeness (QED) is 0.412. The predicted molar refractivity (Wildman–Crippen MR) is 109 cm³/mol. The van der Waals surface area contributed by atoms with E-state index in [4.69, 9.17) is 0 Å². The lowest BCUT2D eigenvalue weighted by atomic mass is 10.2. The number of pyridine rings is 1. The summed E-state index contributed by atoms with van der Waals surface area (Å²) in [5.41, 5.74) is -0.488. The number of carbonyl (C=O) groups is 1. The Balaban J connectivity index is 1.56. The zero-order valence-electron chi connectivity index (χ0n) is 16.2. The van der Waals surface area contributed by atoms with Crippen molar-refractivity contribution >= 4 is 22.6 Å². The topological polar surface area (TPSA) is 91.8 Å². The first-order valence-corrected chi connectivity index (χ1v) is 9.30. The average molecular weight is 445 g/mol. The second-order valence-electron chi connectivity index (χ2n) is 6.81. The lowest BCUT2D eigenvalue weighted by Crippen LogP contribution is -2.29. The minimum atomic E-state index is -4.71. The van der Waals surface area contributed by atoms with E-state index in [1.807, 2.05) is 0 Å². The van der Waals surface area contributed by atoms with Gasteiger partial charge in [-0.05, 0) is 42.5 Å². The number of rotatable bonds is 4. The van der Waals surface area contributed by atoms with Crippen LogP contribution in [0.1, 0.15) is 11.4 Å². The van der Waals surface area contributed by atoms with E-state index in [0.29, 0.717) is 16.6 Å². The fourth-order valence-electron chi connectivity index (χ4n) is 3.15. The Bertz CT molecular complexity index is 1360. The molecule has 2 heterocycles. The molecule has 0 radical (unpaired) electrons. The van der Waals surface area contributed by atoms with Gasteiger partial charge in [-0.3, -0.25) is 4.79 Å². The Morgan fingerprint density at radius 2 is 1.84 bits per heavy atom. The van der Waals surface area contributed by atoms with Gasteiger partial charge in [0.05, 0.1) is 29.1 Å². The van der Waals surface area contributed by atoms with E-state index in [2.05, 4.69) is 20.7 Å². The number of nitrogens with zero attached hydrogens (tertiary/aromatic N) is 2. The van der Waals surface area contributed by atoms with Crippen LogP contribution in [0.3, 0.4) is 0 Å². The standard InChI is InChI=1S/C21H15F4N5O2/c22-12-3-1-4-13(9-12)30-14(10-18(29-30)21(23,24)25)11-26-20(32)28-17-6-2-5-16-15(17)7-8-19(31)27-16/h1-10H,11H2,(H,27,31)(H2,26,28,32). The van der Waals surface area contributed by atoms with Crippen LogP contribution in [-0.4, -0.2) is 20.8 Å². The van der Waals surface area contributed by atoms with Crippen molar-refractivity contribution in [2.24, 2.45) is 0 Å². The monoisotopic (exact) mass is 445 g/mol. The van der Waals surface area contributed by atoms with Crippen LogP contribution >= 0.6 is 0 Å². The summed E-state index contributed by atoms with van der Waals surface area (Å²) in [6.07, 6.45) is -4.71. The number of aromatic amines is 1. The van der Waals surface area contributed by atoms with Gasteiger partial charge in [0.25, 0.3) is 0 Å². The Kier molecular flexibility index (Phi) is 5.39. The van der Waals surface area contributed by atoms with Gasteiger partial charge in [0.15, 0.2) is 5.69 Å². The lowest BCUT2D eigenvalue weighted by Gasteiger charge is -2.11. The number of nitrogens with one attached hydrogen (secondary N) is 3. The number of fused-ring (bicyclic) bond motifs is 1. The van der Waals surface area contributed by atoms with E-state index in [1.54, 1.807) is 24.3 Å². The van der Waals surface area contributed by atoms with Crippen LogP contribution in [-0.2, 0) is 12.7 Å². The minimum Gasteiger partial charge on any atom is -0.332 e. The molecule has 0 atom stereocenters. The number of amides is 2. The highest BCUT2D eigenvalue weighted by Gasteiger charge is 2.35. The number of carbonyl (C=O) groups excluding carboxylic acids is 1. The maximum atomic E-state index is 13.6. The van der Waals surface area contributed by atoms with E-state index < -0.39 is 23.7 Å². The third-order valence-electron chi connectivity index (χ3n) is 4.57. The van der Waals surface area contributed by atoms with Gasteiger partial charge in [0, 0.05) is 11.5 Å². The number of halogens is 4. The van der Waals surface area contributed by atoms with Crippen LogP contribution in [0.15, 0.2) is 65.5 Å². The first-order valence-electron chi connectivity index (χ1n) is 9.30. The Morgan fingerprint density at radius 3 is 2.59 bits per heavy atom. The normalized spacial score (nSPS) is 11.5. The van der Waals surface area contributed by atoms with E-state index in [9.17, 15) is 27.2 Å². The number of benzene rings is 2. The lowest BCUT2D eigenvalue weighted by molar-refractivity contribution is -0.141. The molecule has 0 aliphatic heterocycles. The number of alkyl halides is 3. The second-order valence-corrected chi connectivity index (χ2v) is 6.81. The van der Waals surface area contributed by atoms with E-state index in [1.165, 1.54) is 18.2 Å². The molecule has 0 saturated carbocycles. The molecule has 164 valence electrons. The third-order valence-corrected chi connectivity index (χ3v) is 4.57. The minimum absolute atomic E-state index is 0.000301. The summed E-state index contributed by atoms with van der Waals surface area (Å²) >= 11 is 0. The zero-order valence-corrected chi connectivity index (χ0v) is 16.2. The van der Waals surface area contributed by atoms with Crippen molar-refractivity contribution in [3.63, 3.8) is 0 Å². The number of H-pyrrole nitrogens is 1. The van der Waals surface area contributed by atoms with Crippen LogP contribution in [0.2, 0.25) is 0 Å². The maximum absolute atomic E-state index is 13.6.